The van der Waals surface area contributed by atoms with Gasteiger partial charge in [-0.05, 0) is 12.1 Å². The maximum absolute atomic E-state index is 10.8. The van der Waals surface area contributed by atoms with Gasteiger partial charge in [0.1, 0.15) is 9.71 Å². The van der Waals surface area contributed by atoms with Gasteiger partial charge in [0.25, 0.3) is 5.88 Å². The highest BCUT2D eigenvalue weighted by Gasteiger charge is 2.13. The Hall–Kier alpha value is -1.82. The third kappa shape index (κ3) is 1.67. The first-order valence-electron chi connectivity index (χ1n) is 4.41. The van der Waals surface area contributed by atoms with Crippen LogP contribution in [0, 0.1) is 0 Å². The number of pyridine rings is 1. The number of hydrogen-bond acceptors (Lipinski definition) is 5. The van der Waals surface area contributed by atoms with Gasteiger partial charge in [0.05, 0.1) is 14.2 Å². The highest BCUT2D eigenvalue weighted by molar-refractivity contribution is 7.20. The molecule has 0 atom stereocenters. The van der Waals surface area contributed by atoms with E-state index >= 15 is 0 Å². The van der Waals surface area contributed by atoms with Crippen LogP contribution in [-0.2, 0) is 0 Å². The van der Waals surface area contributed by atoms with E-state index in [2.05, 4.69) is 4.98 Å². The van der Waals surface area contributed by atoms with E-state index in [0.717, 1.165) is 16.7 Å². The molecule has 0 aromatic carbocycles. The molecule has 0 aliphatic carbocycles. The number of hydrogen-bond donors (Lipinski definition) is 1. The number of rotatable bonds is 3. The standard InChI is InChI=1S/C10H9NO4S/c1-14-6-3-5-4-7(10(12)13)16-9(5)11-8(6)15-2/h3-4H,1-2H3,(H,12,13). The van der Waals surface area contributed by atoms with Crippen LogP contribution in [0.3, 0.4) is 0 Å². The van der Waals surface area contributed by atoms with Gasteiger partial charge in [-0.2, -0.15) is 4.98 Å². The van der Waals surface area contributed by atoms with E-state index in [9.17, 15) is 4.79 Å². The number of aromatic nitrogens is 1. The second kappa shape index (κ2) is 3.97. The van der Waals surface area contributed by atoms with Crippen LogP contribution in [0.2, 0.25) is 0 Å². The number of carboxylic acid groups (broad SMARTS) is 1. The molecule has 84 valence electrons. The monoisotopic (exact) mass is 239 g/mol. The Labute approximate surface area is 95.3 Å². The van der Waals surface area contributed by atoms with Gasteiger partial charge in [0, 0.05) is 5.39 Å². The van der Waals surface area contributed by atoms with E-state index in [4.69, 9.17) is 14.6 Å². The molecule has 2 heterocycles. The van der Waals surface area contributed by atoms with Gasteiger partial charge in [-0.3, -0.25) is 0 Å². The Morgan fingerprint density at radius 1 is 1.38 bits per heavy atom. The Bertz CT molecular complexity index is 508. The molecule has 0 spiro atoms. The molecule has 0 saturated carbocycles. The second-order valence-electron chi connectivity index (χ2n) is 3.01. The number of carbonyl (C=O) groups is 1. The zero-order valence-corrected chi connectivity index (χ0v) is 9.50. The van der Waals surface area contributed by atoms with Crippen LogP contribution >= 0.6 is 11.3 Å². The van der Waals surface area contributed by atoms with E-state index in [-0.39, 0.29) is 4.88 Å². The van der Waals surface area contributed by atoms with Crippen LogP contribution < -0.4 is 9.47 Å². The lowest BCUT2D eigenvalue weighted by molar-refractivity contribution is 0.0702. The van der Waals surface area contributed by atoms with Gasteiger partial charge in [-0.25, -0.2) is 4.79 Å². The maximum Gasteiger partial charge on any atom is 0.345 e. The van der Waals surface area contributed by atoms with Crippen molar-refractivity contribution in [2.75, 3.05) is 14.2 Å². The summed E-state index contributed by atoms with van der Waals surface area (Å²) in [6.45, 7) is 0. The maximum atomic E-state index is 10.8. The third-order valence-corrected chi connectivity index (χ3v) is 3.10. The van der Waals surface area contributed by atoms with E-state index < -0.39 is 5.97 Å². The van der Waals surface area contributed by atoms with Crippen molar-refractivity contribution in [1.29, 1.82) is 0 Å². The number of aromatic carboxylic acids is 1. The fraction of sp³-hybridized carbons (Fsp3) is 0.200. The Morgan fingerprint density at radius 2 is 2.12 bits per heavy atom. The summed E-state index contributed by atoms with van der Waals surface area (Å²) < 4.78 is 10.1. The largest absolute Gasteiger partial charge is 0.491 e. The minimum Gasteiger partial charge on any atom is -0.491 e. The molecule has 1 N–H and O–H groups in total. The van der Waals surface area contributed by atoms with Crippen LogP contribution in [0.4, 0.5) is 0 Å². The first kappa shape index (κ1) is 10.7. The fourth-order valence-electron chi connectivity index (χ4n) is 1.33. The first-order valence-corrected chi connectivity index (χ1v) is 5.23. The molecule has 6 heteroatoms. The Morgan fingerprint density at radius 3 is 2.69 bits per heavy atom. The quantitative estimate of drug-likeness (QED) is 0.887. The van der Waals surface area contributed by atoms with Gasteiger partial charge in [-0.15, -0.1) is 11.3 Å². The molecule has 0 unspecified atom stereocenters. The van der Waals surface area contributed by atoms with E-state index in [1.807, 2.05) is 0 Å². The summed E-state index contributed by atoms with van der Waals surface area (Å²) in [6, 6.07) is 3.28. The van der Waals surface area contributed by atoms with Crippen LogP contribution in [0.1, 0.15) is 9.67 Å². The van der Waals surface area contributed by atoms with E-state index in [0.29, 0.717) is 16.5 Å². The number of carboxylic acids is 1. The number of ether oxygens (including phenoxy) is 2. The summed E-state index contributed by atoms with van der Waals surface area (Å²) in [7, 11) is 3.00. The predicted octanol–water partition coefficient (Wildman–Crippen LogP) is 2.01. The SMILES string of the molecule is COc1cc2cc(C(=O)O)sc2nc1OC. The molecule has 0 bridgehead atoms. The molecule has 0 fully saturated rings. The van der Waals surface area contributed by atoms with Crippen LogP contribution in [-0.4, -0.2) is 30.3 Å². The summed E-state index contributed by atoms with van der Waals surface area (Å²) in [5, 5.41) is 9.60. The average molecular weight is 239 g/mol. The van der Waals surface area contributed by atoms with Gasteiger partial charge < -0.3 is 14.6 Å². The summed E-state index contributed by atoms with van der Waals surface area (Å²) >= 11 is 1.11. The van der Waals surface area contributed by atoms with Crippen molar-refractivity contribution in [3.63, 3.8) is 0 Å². The van der Waals surface area contributed by atoms with Crippen LogP contribution in [0.5, 0.6) is 11.6 Å². The van der Waals surface area contributed by atoms with E-state index in [1.54, 1.807) is 12.1 Å². The molecule has 0 aliphatic heterocycles. The molecule has 2 rings (SSSR count). The molecule has 0 aliphatic rings. The van der Waals surface area contributed by atoms with Crippen LogP contribution in [0.15, 0.2) is 12.1 Å². The van der Waals surface area contributed by atoms with Crippen molar-refractivity contribution in [2.24, 2.45) is 0 Å². The van der Waals surface area contributed by atoms with Gasteiger partial charge in [0.2, 0.25) is 0 Å². The van der Waals surface area contributed by atoms with Crippen molar-refractivity contribution >= 4 is 27.5 Å². The molecule has 2 aromatic heterocycles. The topological polar surface area (TPSA) is 68.7 Å². The summed E-state index contributed by atoms with van der Waals surface area (Å²) in [5.74, 6) is -0.112. The molecule has 0 amide bonds. The summed E-state index contributed by atoms with van der Waals surface area (Å²) in [6.07, 6.45) is 0. The molecule has 16 heavy (non-hydrogen) atoms. The van der Waals surface area contributed by atoms with Crippen LogP contribution in [0.25, 0.3) is 10.2 Å². The summed E-state index contributed by atoms with van der Waals surface area (Å²) in [5.41, 5.74) is 0. The lowest BCUT2D eigenvalue weighted by Gasteiger charge is -2.05. The number of fused-ring (bicyclic) bond motifs is 1. The Kier molecular flexibility index (Phi) is 2.66. The zero-order chi connectivity index (χ0) is 11.7. The van der Waals surface area contributed by atoms with E-state index in [1.165, 1.54) is 14.2 Å². The molecule has 0 radical (unpaired) electrons. The minimum atomic E-state index is -0.957. The fourth-order valence-corrected chi connectivity index (χ4v) is 2.18. The predicted molar refractivity (Wildman–Crippen MR) is 59.7 cm³/mol. The Balaban J connectivity index is 2.64. The average Bonchev–Trinajstić information content (AvgIpc) is 2.69. The highest BCUT2D eigenvalue weighted by atomic mass is 32.1. The lowest BCUT2D eigenvalue weighted by Crippen LogP contribution is -1.92. The lowest BCUT2D eigenvalue weighted by atomic mass is 10.3. The van der Waals surface area contributed by atoms with Crippen molar-refractivity contribution in [3.8, 4) is 11.6 Å². The smallest absolute Gasteiger partial charge is 0.345 e. The number of methoxy groups -OCH3 is 2. The van der Waals surface area contributed by atoms with Gasteiger partial charge >= 0.3 is 5.97 Å². The normalized spacial score (nSPS) is 10.4. The number of thiophene rings is 1. The number of nitrogens with zero attached hydrogens (tertiary/aromatic N) is 1. The molecule has 5 nitrogen and oxygen atoms in total. The van der Waals surface area contributed by atoms with Crippen molar-refractivity contribution in [2.45, 2.75) is 0 Å². The second-order valence-corrected chi connectivity index (χ2v) is 4.04. The third-order valence-electron chi connectivity index (χ3n) is 2.06. The molecule has 0 saturated heterocycles. The van der Waals surface area contributed by atoms with Crippen molar-refractivity contribution in [3.05, 3.63) is 17.0 Å². The van der Waals surface area contributed by atoms with Crippen molar-refractivity contribution in [1.82, 2.24) is 4.98 Å². The molecule has 2 aromatic rings. The molecular weight excluding hydrogens is 230 g/mol. The molecular formula is C10H9NO4S. The summed E-state index contributed by atoms with van der Waals surface area (Å²) in [4.78, 5) is 15.8. The highest BCUT2D eigenvalue weighted by Crippen LogP contribution is 2.33. The minimum absolute atomic E-state index is 0.248. The van der Waals surface area contributed by atoms with Crippen molar-refractivity contribution < 1.29 is 19.4 Å². The zero-order valence-electron chi connectivity index (χ0n) is 8.68. The van der Waals surface area contributed by atoms with Gasteiger partial charge in [0.15, 0.2) is 5.75 Å². The van der Waals surface area contributed by atoms with Gasteiger partial charge in [-0.1, -0.05) is 0 Å². The first-order chi connectivity index (χ1) is 7.65.